The fourth-order valence-electron chi connectivity index (χ4n) is 1.67. The van der Waals surface area contributed by atoms with Crippen LogP contribution in [0.1, 0.15) is 5.56 Å². The first kappa shape index (κ1) is 13.9. The quantitative estimate of drug-likeness (QED) is 0.824. The second-order valence-corrected chi connectivity index (χ2v) is 5.11. The Kier molecular flexibility index (Phi) is 4.80. The predicted molar refractivity (Wildman–Crippen MR) is 79.3 cm³/mol. The van der Waals surface area contributed by atoms with E-state index in [-0.39, 0.29) is 5.82 Å². The monoisotopic (exact) mass is 323 g/mol. The molecule has 4 heteroatoms. The topological polar surface area (TPSA) is 21.3 Å². The Morgan fingerprint density at radius 1 is 1.21 bits per heavy atom. The van der Waals surface area contributed by atoms with Crippen molar-refractivity contribution in [1.82, 2.24) is 0 Å². The Balaban J connectivity index is 1.79. The highest BCUT2D eigenvalue weighted by Gasteiger charge is 1.99. The lowest BCUT2D eigenvalue weighted by Gasteiger charge is -2.09. The van der Waals surface area contributed by atoms with Gasteiger partial charge >= 0.3 is 0 Å². The highest BCUT2D eigenvalue weighted by Crippen LogP contribution is 2.17. The summed E-state index contributed by atoms with van der Waals surface area (Å²) in [5.74, 6) is 0.481. The molecule has 0 saturated carbocycles. The van der Waals surface area contributed by atoms with Gasteiger partial charge in [0.15, 0.2) is 0 Å². The zero-order valence-corrected chi connectivity index (χ0v) is 12.2. The highest BCUT2D eigenvalue weighted by atomic mass is 79.9. The van der Waals surface area contributed by atoms with Gasteiger partial charge in [-0.1, -0.05) is 22.0 Å². The van der Waals surface area contributed by atoms with Crippen molar-refractivity contribution in [1.29, 1.82) is 0 Å². The van der Waals surface area contributed by atoms with E-state index in [0.717, 1.165) is 10.2 Å². The molecule has 2 aromatic rings. The number of benzene rings is 2. The van der Waals surface area contributed by atoms with Crippen LogP contribution in [-0.2, 0) is 0 Å². The molecular weight excluding hydrogens is 309 g/mol. The summed E-state index contributed by atoms with van der Waals surface area (Å²) in [6.45, 7) is 2.94. The van der Waals surface area contributed by atoms with Gasteiger partial charge in [-0.3, -0.25) is 0 Å². The molecule has 2 nitrogen and oxygen atoms in total. The van der Waals surface area contributed by atoms with Crippen LogP contribution in [0.3, 0.4) is 0 Å². The molecule has 1 N–H and O–H groups in total. The molecule has 2 rings (SSSR count). The van der Waals surface area contributed by atoms with Crippen LogP contribution in [0.25, 0.3) is 0 Å². The largest absolute Gasteiger partial charge is 0.492 e. The summed E-state index contributed by atoms with van der Waals surface area (Å²) in [5, 5.41) is 3.25. The number of rotatable bonds is 5. The van der Waals surface area contributed by atoms with Gasteiger partial charge in [-0.05, 0) is 48.9 Å². The van der Waals surface area contributed by atoms with Crippen molar-refractivity contribution in [3.63, 3.8) is 0 Å². The molecule has 0 amide bonds. The van der Waals surface area contributed by atoms with E-state index in [1.165, 1.54) is 6.07 Å². The van der Waals surface area contributed by atoms with Crippen LogP contribution in [-0.4, -0.2) is 13.2 Å². The van der Waals surface area contributed by atoms with Crippen molar-refractivity contribution in [3.05, 3.63) is 58.3 Å². The lowest BCUT2D eigenvalue weighted by atomic mass is 10.2. The Bertz CT molecular complexity index is 560. The molecular formula is C15H15BrFNO. The molecule has 0 atom stereocenters. The minimum absolute atomic E-state index is 0.209. The van der Waals surface area contributed by atoms with E-state index in [2.05, 4.69) is 21.2 Å². The molecule has 19 heavy (non-hydrogen) atoms. The van der Waals surface area contributed by atoms with Gasteiger partial charge in [-0.2, -0.15) is 0 Å². The maximum Gasteiger partial charge on any atom is 0.126 e. The maximum atomic E-state index is 13.1. The predicted octanol–water partition coefficient (Wildman–Crippen LogP) is 4.39. The number of nitrogens with one attached hydrogen (secondary N) is 1. The Hall–Kier alpha value is -1.55. The molecule has 2 aromatic carbocycles. The van der Waals surface area contributed by atoms with Crippen LogP contribution in [0.5, 0.6) is 5.75 Å². The van der Waals surface area contributed by atoms with Crippen LogP contribution < -0.4 is 10.1 Å². The molecule has 0 radical (unpaired) electrons. The second kappa shape index (κ2) is 6.57. The van der Waals surface area contributed by atoms with Crippen molar-refractivity contribution >= 4 is 21.6 Å². The molecule has 0 aliphatic carbocycles. The lowest BCUT2D eigenvalue weighted by molar-refractivity contribution is 0.332. The van der Waals surface area contributed by atoms with E-state index in [0.29, 0.717) is 24.5 Å². The molecule has 0 heterocycles. The minimum atomic E-state index is -0.209. The van der Waals surface area contributed by atoms with Crippen molar-refractivity contribution < 1.29 is 9.13 Å². The lowest BCUT2D eigenvalue weighted by Crippen LogP contribution is -2.11. The molecule has 0 aliphatic rings. The first-order chi connectivity index (χ1) is 9.15. The average Bonchev–Trinajstić information content (AvgIpc) is 2.39. The first-order valence-corrected chi connectivity index (χ1v) is 6.83. The summed E-state index contributed by atoms with van der Waals surface area (Å²) in [7, 11) is 0. The van der Waals surface area contributed by atoms with Crippen molar-refractivity contribution in [3.8, 4) is 5.75 Å². The normalized spacial score (nSPS) is 10.3. The molecule has 0 fully saturated rings. The number of hydrogen-bond donors (Lipinski definition) is 1. The smallest absolute Gasteiger partial charge is 0.126 e. The SMILES string of the molecule is Cc1cc(OCCNc2cccc(Br)c2)ccc1F. The van der Waals surface area contributed by atoms with Crippen LogP contribution in [0.2, 0.25) is 0 Å². The number of hydrogen-bond acceptors (Lipinski definition) is 2. The summed E-state index contributed by atoms with van der Waals surface area (Å²) in [6, 6.07) is 12.7. The molecule has 0 aromatic heterocycles. The van der Waals surface area contributed by atoms with Gasteiger partial charge in [0.05, 0.1) is 0 Å². The number of halogens is 2. The molecule has 0 unspecified atom stereocenters. The average molecular weight is 324 g/mol. The summed E-state index contributed by atoms with van der Waals surface area (Å²) in [4.78, 5) is 0. The first-order valence-electron chi connectivity index (χ1n) is 6.03. The fourth-order valence-corrected chi connectivity index (χ4v) is 2.07. The van der Waals surface area contributed by atoms with Gasteiger partial charge in [-0.25, -0.2) is 4.39 Å². The Morgan fingerprint density at radius 2 is 2.05 bits per heavy atom. The van der Waals surface area contributed by atoms with Gasteiger partial charge in [0.1, 0.15) is 18.2 Å². The van der Waals surface area contributed by atoms with Crippen molar-refractivity contribution in [2.45, 2.75) is 6.92 Å². The Morgan fingerprint density at radius 3 is 2.79 bits per heavy atom. The Labute approximate surface area is 120 Å². The zero-order chi connectivity index (χ0) is 13.7. The van der Waals surface area contributed by atoms with Crippen molar-refractivity contribution in [2.75, 3.05) is 18.5 Å². The standard InChI is InChI=1S/C15H15BrFNO/c1-11-9-14(5-6-15(11)17)19-8-7-18-13-4-2-3-12(16)10-13/h2-6,9-10,18H,7-8H2,1H3. The minimum Gasteiger partial charge on any atom is -0.492 e. The second-order valence-electron chi connectivity index (χ2n) is 4.20. The number of aryl methyl sites for hydroxylation is 1. The molecule has 100 valence electrons. The maximum absolute atomic E-state index is 13.1. The van der Waals surface area contributed by atoms with Gasteiger partial charge < -0.3 is 10.1 Å². The molecule has 0 aliphatic heterocycles. The van der Waals surface area contributed by atoms with E-state index in [9.17, 15) is 4.39 Å². The third-order valence-corrected chi connectivity index (χ3v) is 3.15. The third kappa shape index (κ3) is 4.24. The van der Waals surface area contributed by atoms with Gasteiger partial charge in [0.2, 0.25) is 0 Å². The fraction of sp³-hybridized carbons (Fsp3) is 0.200. The summed E-state index contributed by atoms with van der Waals surface area (Å²) >= 11 is 3.42. The summed E-state index contributed by atoms with van der Waals surface area (Å²) in [5.41, 5.74) is 1.63. The third-order valence-electron chi connectivity index (χ3n) is 2.65. The van der Waals surface area contributed by atoms with Gasteiger partial charge in [0.25, 0.3) is 0 Å². The van der Waals surface area contributed by atoms with Crippen LogP contribution in [0, 0.1) is 12.7 Å². The van der Waals surface area contributed by atoms with E-state index in [1.807, 2.05) is 24.3 Å². The zero-order valence-electron chi connectivity index (χ0n) is 10.6. The van der Waals surface area contributed by atoms with E-state index < -0.39 is 0 Å². The van der Waals surface area contributed by atoms with Crippen LogP contribution >= 0.6 is 15.9 Å². The van der Waals surface area contributed by atoms with E-state index >= 15 is 0 Å². The number of anilines is 1. The van der Waals surface area contributed by atoms with E-state index in [4.69, 9.17) is 4.74 Å². The molecule has 0 bridgehead atoms. The van der Waals surface area contributed by atoms with Gasteiger partial charge in [0, 0.05) is 16.7 Å². The highest BCUT2D eigenvalue weighted by molar-refractivity contribution is 9.10. The van der Waals surface area contributed by atoms with Crippen molar-refractivity contribution in [2.24, 2.45) is 0 Å². The summed E-state index contributed by atoms with van der Waals surface area (Å²) in [6.07, 6.45) is 0. The number of ether oxygens (including phenoxy) is 1. The summed E-state index contributed by atoms with van der Waals surface area (Å²) < 4.78 is 19.7. The van der Waals surface area contributed by atoms with Gasteiger partial charge in [-0.15, -0.1) is 0 Å². The van der Waals surface area contributed by atoms with E-state index in [1.54, 1.807) is 19.1 Å². The molecule has 0 saturated heterocycles. The van der Waals surface area contributed by atoms with Crippen LogP contribution in [0.15, 0.2) is 46.9 Å². The molecule has 0 spiro atoms. The van der Waals surface area contributed by atoms with Crippen LogP contribution in [0.4, 0.5) is 10.1 Å².